The average molecular weight is 246 g/mol. The third kappa shape index (κ3) is 3.38. The lowest BCUT2D eigenvalue weighted by molar-refractivity contribution is 0.624. The van der Waals surface area contributed by atoms with E-state index in [0.29, 0.717) is 5.92 Å². The monoisotopic (exact) mass is 246 g/mol. The number of benzene rings is 1. The van der Waals surface area contributed by atoms with Crippen LogP contribution in [-0.2, 0) is 6.42 Å². The SMILES string of the molecule is CNCC(Cc1nccs1)c1ccc(C)cc1. The molecule has 0 radical (unpaired) electrons. The summed E-state index contributed by atoms with van der Waals surface area (Å²) in [7, 11) is 2.00. The van der Waals surface area contributed by atoms with Gasteiger partial charge in [-0.15, -0.1) is 11.3 Å². The first-order valence-electron chi connectivity index (χ1n) is 5.89. The van der Waals surface area contributed by atoms with Crippen molar-refractivity contribution >= 4 is 11.3 Å². The maximum Gasteiger partial charge on any atom is 0.0931 e. The molecule has 1 aromatic carbocycles. The molecular formula is C14H18N2S. The highest BCUT2D eigenvalue weighted by molar-refractivity contribution is 7.09. The van der Waals surface area contributed by atoms with Crippen LogP contribution in [0.3, 0.4) is 0 Å². The Labute approximate surface area is 107 Å². The molecule has 0 amide bonds. The second-order valence-electron chi connectivity index (χ2n) is 4.30. The molecule has 1 N–H and O–H groups in total. The molecule has 0 aliphatic carbocycles. The van der Waals surface area contributed by atoms with Gasteiger partial charge < -0.3 is 5.32 Å². The summed E-state index contributed by atoms with van der Waals surface area (Å²) in [6.07, 6.45) is 2.90. The molecule has 0 saturated carbocycles. The van der Waals surface area contributed by atoms with Gasteiger partial charge in [0.1, 0.15) is 0 Å². The third-order valence-corrected chi connectivity index (χ3v) is 3.71. The molecule has 0 aliphatic heterocycles. The summed E-state index contributed by atoms with van der Waals surface area (Å²) in [5.74, 6) is 0.506. The predicted octanol–water partition coefficient (Wildman–Crippen LogP) is 3.00. The number of aryl methyl sites for hydroxylation is 1. The first kappa shape index (κ1) is 12.3. The number of hydrogen-bond donors (Lipinski definition) is 1. The van der Waals surface area contributed by atoms with Gasteiger partial charge in [-0.2, -0.15) is 0 Å². The molecular weight excluding hydrogens is 228 g/mol. The maximum absolute atomic E-state index is 4.37. The van der Waals surface area contributed by atoms with Gasteiger partial charge in [0, 0.05) is 30.5 Å². The van der Waals surface area contributed by atoms with Crippen molar-refractivity contribution < 1.29 is 0 Å². The minimum atomic E-state index is 0.506. The minimum Gasteiger partial charge on any atom is -0.319 e. The number of likely N-dealkylation sites (N-methyl/N-ethyl adjacent to an activating group) is 1. The topological polar surface area (TPSA) is 24.9 Å². The second kappa shape index (κ2) is 5.94. The molecule has 0 aliphatic rings. The minimum absolute atomic E-state index is 0.506. The van der Waals surface area contributed by atoms with Crippen LogP contribution in [0.4, 0.5) is 0 Å². The van der Waals surface area contributed by atoms with Crippen LogP contribution < -0.4 is 5.32 Å². The van der Waals surface area contributed by atoms with Crippen molar-refractivity contribution in [1.82, 2.24) is 10.3 Å². The fourth-order valence-corrected chi connectivity index (χ4v) is 2.66. The summed E-state index contributed by atoms with van der Waals surface area (Å²) in [6, 6.07) is 8.82. The third-order valence-electron chi connectivity index (χ3n) is 2.90. The zero-order valence-corrected chi connectivity index (χ0v) is 11.1. The van der Waals surface area contributed by atoms with E-state index < -0.39 is 0 Å². The highest BCUT2D eigenvalue weighted by Gasteiger charge is 2.12. The standard InChI is InChI=1S/C14H18N2S/c1-11-3-5-12(6-4-11)13(10-15-2)9-14-16-7-8-17-14/h3-8,13,15H,9-10H2,1-2H3. The Balaban J connectivity index is 2.13. The Kier molecular flexibility index (Phi) is 4.29. The van der Waals surface area contributed by atoms with Crippen LogP contribution in [0.25, 0.3) is 0 Å². The van der Waals surface area contributed by atoms with Crippen LogP contribution in [0.5, 0.6) is 0 Å². The highest BCUT2D eigenvalue weighted by atomic mass is 32.1. The van der Waals surface area contributed by atoms with Crippen molar-refractivity contribution in [1.29, 1.82) is 0 Å². The lowest BCUT2D eigenvalue weighted by atomic mass is 9.95. The molecule has 2 aromatic rings. The highest BCUT2D eigenvalue weighted by Crippen LogP contribution is 2.21. The van der Waals surface area contributed by atoms with Crippen molar-refractivity contribution in [3.05, 3.63) is 52.0 Å². The van der Waals surface area contributed by atoms with Crippen molar-refractivity contribution in [2.45, 2.75) is 19.3 Å². The van der Waals surface area contributed by atoms with Crippen LogP contribution in [0.2, 0.25) is 0 Å². The summed E-state index contributed by atoms with van der Waals surface area (Å²) in [6.45, 7) is 3.11. The number of rotatable bonds is 5. The van der Waals surface area contributed by atoms with Gasteiger partial charge in [0.25, 0.3) is 0 Å². The smallest absolute Gasteiger partial charge is 0.0931 e. The Morgan fingerprint density at radius 1 is 1.29 bits per heavy atom. The van der Waals surface area contributed by atoms with Gasteiger partial charge >= 0.3 is 0 Å². The van der Waals surface area contributed by atoms with Crippen molar-refractivity contribution in [2.75, 3.05) is 13.6 Å². The Morgan fingerprint density at radius 2 is 2.06 bits per heavy atom. The zero-order chi connectivity index (χ0) is 12.1. The van der Waals surface area contributed by atoms with E-state index in [1.54, 1.807) is 11.3 Å². The van der Waals surface area contributed by atoms with Gasteiger partial charge in [-0.1, -0.05) is 29.8 Å². The molecule has 1 aromatic heterocycles. The van der Waals surface area contributed by atoms with Crippen LogP contribution >= 0.6 is 11.3 Å². The summed E-state index contributed by atoms with van der Waals surface area (Å²) in [5.41, 5.74) is 2.70. The molecule has 17 heavy (non-hydrogen) atoms. The molecule has 1 heterocycles. The van der Waals surface area contributed by atoms with Gasteiger partial charge in [0.2, 0.25) is 0 Å². The lowest BCUT2D eigenvalue weighted by Crippen LogP contribution is -2.19. The normalized spacial score (nSPS) is 12.6. The van der Waals surface area contributed by atoms with E-state index in [4.69, 9.17) is 0 Å². The van der Waals surface area contributed by atoms with E-state index in [9.17, 15) is 0 Å². The van der Waals surface area contributed by atoms with Gasteiger partial charge in [-0.05, 0) is 19.5 Å². The second-order valence-corrected chi connectivity index (χ2v) is 5.27. The van der Waals surface area contributed by atoms with Crippen molar-refractivity contribution in [3.8, 4) is 0 Å². The Hall–Kier alpha value is -1.19. The molecule has 3 heteroatoms. The van der Waals surface area contributed by atoms with Crippen LogP contribution in [0.1, 0.15) is 22.1 Å². The average Bonchev–Trinajstić information content (AvgIpc) is 2.82. The molecule has 2 nitrogen and oxygen atoms in total. The molecule has 2 rings (SSSR count). The zero-order valence-electron chi connectivity index (χ0n) is 10.3. The summed E-state index contributed by atoms with van der Waals surface area (Å²) in [4.78, 5) is 4.37. The fourth-order valence-electron chi connectivity index (χ4n) is 1.96. The van der Waals surface area contributed by atoms with E-state index in [-0.39, 0.29) is 0 Å². The van der Waals surface area contributed by atoms with Gasteiger partial charge in [-0.3, -0.25) is 0 Å². The van der Waals surface area contributed by atoms with E-state index in [1.165, 1.54) is 16.1 Å². The number of nitrogens with zero attached hydrogens (tertiary/aromatic N) is 1. The summed E-state index contributed by atoms with van der Waals surface area (Å²) < 4.78 is 0. The fraction of sp³-hybridized carbons (Fsp3) is 0.357. The van der Waals surface area contributed by atoms with Crippen LogP contribution in [0.15, 0.2) is 35.8 Å². The summed E-state index contributed by atoms with van der Waals surface area (Å²) >= 11 is 1.74. The number of aromatic nitrogens is 1. The predicted molar refractivity (Wildman–Crippen MR) is 73.7 cm³/mol. The first-order valence-corrected chi connectivity index (χ1v) is 6.77. The molecule has 0 fully saturated rings. The molecule has 90 valence electrons. The number of hydrogen-bond acceptors (Lipinski definition) is 3. The van der Waals surface area contributed by atoms with Gasteiger partial charge in [0.05, 0.1) is 5.01 Å². The number of nitrogens with one attached hydrogen (secondary N) is 1. The van der Waals surface area contributed by atoms with Crippen molar-refractivity contribution in [3.63, 3.8) is 0 Å². The largest absolute Gasteiger partial charge is 0.319 e. The van der Waals surface area contributed by atoms with E-state index in [0.717, 1.165) is 13.0 Å². The van der Waals surface area contributed by atoms with Crippen LogP contribution in [0, 0.1) is 6.92 Å². The molecule has 0 saturated heterocycles. The Morgan fingerprint density at radius 3 is 2.65 bits per heavy atom. The molecule has 0 bridgehead atoms. The first-order chi connectivity index (χ1) is 8.29. The van der Waals surface area contributed by atoms with Crippen LogP contribution in [-0.4, -0.2) is 18.6 Å². The maximum atomic E-state index is 4.37. The summed E-state index contributed by atoms with van der Waals surface area (Å²) in [5, 5.41) is 6.53. The molecule has 1 atom stereocenters. The molecule has 1 unspecified atom stereocenters. The number of thiazole rings is 1. The van der Waals surface area contributed by atoms with Gasteiger partial charge in [-0.25, -0.2) is 4.98 Å². The van der Waals surface area contributed by atoms with E-state index in [1.807, 2.05) is 18.6 Å². The molecule has 0 spiro atoms. The van der Waals surface area contributed by atoms with E-state index in [2.05, 4.69) is 41.5 Å². The van der Waals surface area contributed by atoms with Gasteiger partial charge in [0.15, 0.2) is 0 Å². The lowest BCUT2D eigenvalue weighted by Gasteiger charge is -2.16. The van der Waals surface area contributed by atoms with E-state index >= 15 is 0 Å². The Bertz CT molecular complexity index is 434. The quantitative estimate of drug-likeness (QED) is 0.877. The van der Waals surface area contributed by atoms with Crippen molar-refractivity contribution in [2.24, 2.45) is 0 Å².